The van der Waals surface area contributed by atoms with E-state index >= 15 is 0 Å². The van der Waals surface area contributed by atoms with Crippen LogP contribution in [0.25, 0.3) is 22.9 Å². The maximum absolute atomic E-state index is 12.6. The number of carbonyl (C=O) groups excluding carboxylic acids is 1. The van der Waals surface area contributed by atoms with E-state index in [4.69, 9.17) is 8.83 Å². The summed E-state index contributed by atoms with van der Waals surface area (Å²) in [7, 11) is 0. The van der Waals surface area contributed by atoms with Crippen LogP contribution in [0.1, 0.15) is 15.9 Å². The minimum absolute atomic E-state index is 0.174. The largest absolute Gasteiger partial charge is 0.462 e. The van der Waals surface area contributed by atoms with E-state index in [9.17, 15) is 4.79 Å². The van der Waals surface area contributed by atoms with Crippen LogP contribution in [0.2, 0.25) is 0 Å². The van der Waals surface area contributed by atoms with Crippen LogP contribution >= 0.6 is 0 Å². The molecule has 0 aromatic carbocycles. The van der Waals surface area contributed by atoms with Gasteiger partial charge in [0, 0.05) is 12.4 Å². The fourth-order valence-corrected chi connectivity index (χ4v) is 2.36. The first kappa shape index (κ1) is 14.1. The Morgan fingerprint density at radius 1 is 0.750 bits per heavy atom. The highest BCUT2D eigenvalue weighted by Crippen LogP contribution is 2.24. The van der Waals surface area contributed by atoms with Crippen molar-refractivity contribution < 1.29 is 13.6 Å². The Labute approximate surface area is 137 Å². The molecule has 0 aliphatic carbocycles. The highest BCUT2D eigenvalue weighted by molar-refractivity contribution is 6.09. The maximum atomic E-state index is 12.6. The number of nitrogens with zero attached hydrogens (tertiary/aromatic N) is 2. The summed E-state index contributed by atoms with van der Waals surface area (Å²) in [6.07, 6.45) is 6.21. The predicted octanol–water partition coefficient (Wildman–Crippen LogP) is 4.23. The zero-order valence-corrected chi connectivity index (χ0v) is 12.5. The quantitative estimate of drug-likeness (QED) is 0.527. The highest BCUT2D eigenvalue weighted by Gasteiger charge is 2.17. The molecule has 4 rings (SSSR count). The number of furan rings is 2. The second-order valence-electron chi connectivity index (χ2n) is 5.16. The van der Waals surface area contributed by atoms with Gasteiger partial charge in [-0.1, -0.05) is 12.1 Å². The molecule has 0 atom stereocenters. The molecule has 0 amide bonds. The second-order valence-corrected chi connectivity index (χ2v) is 5.16. The first-order valence-corrected chi connectivity index (χ1v) is 7.36. The number of hydrogen-bond donors (Lipinski definition) is 0. The fraction of sp³-hybridized carbons (Fsp3) is 0. The third kappa shape index (κ3) is 2.63. The number of ketones is 1. The molecular formula is C19H12N2O3. The van der Waals surface area contributed by atoms with Crippen molar-refractivity contribution in [2.75, 3.05) is 0 Å². The molecule has 0 fully saturated rings. The van der Waals surface area contributed by atoms with Gasteiger partial charge in [-0.3, -0.25) is 14.8 Å². The summed E-state index contributed by atoms with van der Waals surface area (Å²) in [5.41, 5.74) is 2.25. The van der Waals surface area contributed by atoms with Crippen molar-refractivity contribution in [2.24, 2.45) is 0 Å². The van der Waals surface area contributed by atoms with Gasteiger partial charge in [0.1, 0.15) is 23.9 Å². The molecule has 0 spiro atoms. The molecule has 4 aromatic heterocycles. The Kier molecular flexibility index (Phi) is 3.51. The zero-order valence-electron chi connectivity index (χ0n) is 12.5. The van der Waals surface area contributed by atoms with Crippen LogP contribution in [0.15, 0.2) is 82.3 Å². The lowest BCUT2D eigenvalue weighted by Gasteiger charge is -1.93. The average molecular weight is 316 g/mol. The van der Waals surface area contributed by atoms with Gasteiger partial charge in [-0.2, -0.15) is 0 Å². The third-order valence-corrected chi connectivity index (χ3v) is 3.56. The minimum Gasteiger partial charge on any atom is -0.462 e. The monoisotopic (exact) mass is 316 g/mol. The normalized spacial score (nSPS) is 10.7. The number of hydrogen-bond acceptors (Lipinski definition) is 5. The van der Waals surface area contributed by atoms with E-state index in [1.165, 1.54) is 12.5 Å². The van der Waals surface area contributed by atoms with Gasteiger partial charge in [0.25, 0.3) is 0 Å². The van der Waals surface area contributed by atoms with Gasteiger partial charge in [0.05, 0.1) is 11.1 Å². The summed E-state index contributed by atoms with van der Waals surface area (Å²) in [5, 5.41) is 0. The lowest BCUT2D eigenvalue weighted by atomic mass is 10.1. The predicted molar refractivity (Wildman–Crippen MR) is 87.3 cm³/mol. The third-order valence-electron chi connectivity index (χ3n) is 3.56. The number of aromatic nitrogens is 2. The minimum atomic E-state index is -0.174. The van der Waals surface area contributed by atoms with Crippen LogP contribution in [0.5, 0.6) is 0 Å². The molecule has 0 aliphatic heterocycles. The summed E-state index contributed by atoms with van der Waals surface area (Å²) < 4.78 is 10.9. The van der Waals surface area contributed by atoms with Crippen molar-refractivity contribution in [3.8, 4) is 22.9 Å². The molecule has 24 heavy (non-hydrogen) atoms. The Morgan fingerprint density at radius 3 is 1.67 bits per heavy atom. The van der Waals surface area contributed by atoms with Gasteiger partial charge in [0.15, 0.2) is 17.3 Å². The van der Waals surface area contributed by atoms with Gasteiger partial charge in [-0.25, -0.2) is 0 Å². The standard InChI is InChI=1S/C19H12N2O3/c22-19(13-9-17(23-11-13)15-5-1-3-7-20-15)14-10-18(24-12-14)16-6-2-4-8-21-16/h1-12H. The topological polar surface area (TPSA) is 69.1 Å². The van der Waals surface area contributed by atoms with E-state index in [1.807, 2.05) is 36.4 Å². The summed E-state index contributed by atoms with van der Waals surface area (Å²) in [5.74, 6) is 0.923. The molecule has 5 heteroatoms. The van der Waals surface area contributed by atoms with Crippen LogP contribution in [0.4, 0.5) is 0 Å². The second kappa shape index (κ2) is 5.96. The molecule has 0 aliphatic rings. The van der Waals surface area contributed by atoms with Crippen molar-refractivity contribution in [3.05, 3.63) is 84.6 Å². The van der Waals surface area contributed by atoms with Crippen LogP contribution < -0.4 is 0 Å². The molecule has 0 bridgehead atoms. The lowest BCUT2D eigenvalue weighted by Crippen LogP contribution is -1.96. The fourth-order valence-electron chi connectivity index (χ4n) is 2.36. The Hall–Kier alpha value is -3.47. The van der Waals surface area contributed by atoms with E-state index in [0.717, 1.165) is 0 Å². The van der Waals surface area contributed by atoms with Crippen LogP contribution in [-0.2, 0) is 0 Å². The van der Waals surface area contributed by atoms with E-state index in [1.54, 1.807) is 24.5 Å². The van der Waals surface area contributed by atoms with Crippen molar-refractivity contribution >= 4 is 5.78 Å². The average Bonchev–Trinajstić information content (AvgIpc) is 3.33. The van der Waals surface area contributed by atoms with Gasteiger partial charge >= 0.3 is 0 Å². The van der Waals surface area contributed by atoms with Gasteiger partial charge < -0.3 is 8.83 Å². The van der Waals surface area contributed by atoms with E-state index in [-0.39, 0.29) is 5.78 Å². The molecule has 116 valence electrons. The molecule has 0 saturated heterocycles. The first-order valence-electron chi connectivity index (χ1n) is 7.36. The van der Waals surface area contributed by atoms with Gasteiger partial charge in [-0.15, -0.1) is 0 Å². The summed E-state index contributed by atoms with van der Waals surface area (Å²) in [6.45, 7) is 0. The Bertz CT molecular complexity index is 892. The lowest BCUT2D eigenvalue weighted by molar-refractivity contribution is 0.103. The maximum Gasteiger partial charge on any atom is 0.199 e. The van der Waals surface area contributed by atoms with E-state index < -0.39 is 0 Å². The van der Waals surface area contributed by atoms with Gasteiger partial charge in [-0.05, 0) is 36.4 Å². The van der Waals surface area contributed by atoms with E-state index in [0.29, 0.717) is 34.0 Å². The van der Waals surface area contributed by atoms with Gasteiger partial charge in [0.2, 0.25) is 0 Å². The molecule has 5 nitrogen and oxygen atoms in total. The number of pyridine rings is 2. The van der Waals surface area contributed by atoms with Crippen molar-refractivity contribution in [1.29, 1.82) is 0 Å². The molecule has 0 unspecified atom stereocenters. The molecule has 4 heterocycles. The summed E-state index contributed by atoms with van der Waals surface area (Å²) in [4.78, 5) is 21.0. The number of carbonyl (C=O) groups is 1. The van der Waals surface area contributed by atoms with Crippen molar-refractivity contribution in [3.63, 3.8) is 0 Å². The van der Waals surface area contributed by atoms with Crippen LogP contribution in [0.3, 0.4) is 0 Å². The zero-order chi connectivity index (χ0) is 16.4. The molecule has 0 saturated carbocycles. The van der Waals surface area contributed by atoms with Crippen LogP contribution in [-0.4, -0.2) is 15.8 Å². The SMILES string of the molecule is O=C(c1coc(-c2ccccn2)c1)c1coc(-c2ccccn2)c1. The Morgan fingerprint density at radius 2 is 1.25 bits per heavy atom. The van der Waals surface area contributed by atoms with Crippen molar-refractivity contribution in [2.45, 2.75) is 0 Å². The Balaban J connectivity index is 1.61. The summed E-state index contributed by atoms with van der Waals surface area (Å²) in [6, 6.07) is 14.4. The summed E-state index contributed by atoms with van der Waals surface area (Å²) >= 11 is 0. The first-order chi connectivity index (χ1) is 11.8. The molecule has 0 radical (unpaired) electrons. The molecule has 4 aromatic rings. The van der Waals surface area contributed by atoms with Crippen LogP contribution in [0, 0.1) is 0 Å². The number of rotatable bonds is 4. The van der Waals surface area contributed by atoms with E-state index in [2.05, 4.69) is 9.97 Å². The van der Waals surface area contributed by atoms with Crippen molar-refractivity contribution in [1.82, 2.24) is 9.97 Å². The molecule has 0 N–H and O–H groups in total. The molecular weight excluding hydrogens is 304 g/mol. The smallest absolute Gasteiger partial charge is 0.199 e. The highest BCUT2D eigenvalue weighted by atomic mass is 16.3.